The Morgan fingerprint density at radius 2 is 1.70 bits per heavy atom. The molecule has 0 bridgehead atoms. The van der Waals surface area contributed by atoms with Gasteiger partial charge in [-0.2, -0.15) is 0 Å². The van der Waals surface area contributed by atoms with Gasteiger partial charge in [-0.3, -0.25) is 0 Å². The van der Waals surface area contributed by atoms with Crippen molar-refractivity contribution in [3.05, 3.63) is 35.4 Å². The summed E-state index contributed by atoms with van der Waals surface area (Å²) in [5.41, 5.74) is -0.623. The zero-order valence-corrected chi connectivity index (χ0v) is 18.6. The van der Waals surface area contributed by atoms with Crippen LogP contribution in [0.3, 0.4) is 0 Å². The van der Waals surface area contributed by atoms with Gasteiger partial charge in [-0.15, -0.1) is 11.6 Å². The van der Waals surface area contributed by atoms with Crippen molar-refractivity contribution in [1.29, 1.82) is 0 Å². The van der Waals surface area contributed by atoms with E-state index in [4.69, 9.17) is 44.3 Å². The molecule has 150 valence electrons. The fraction of sp³-hybridized carbons (Fsp3) is 0.545. The summed E-state index contributed by atoms with van der Waals surface area (Å²) in [7, 11) is 0. The van der Waals surface area contributed by atoms with Gasteiger partial charge in [0.05, 0.1) is 16.5 Å². The Kier molecular flexibility index (Phi) is 9.35. The van der Waals surface area contributed by atoms with E-state index in [1.54, 1.807) is 0 Å². The largest absolute Gasteiger partial charge is 0.490 e. The minimum absolute atomic E-state index is 0.249. The average Bonchev–Trinajstić information content (AvgIpc) is 2.68. The Morgan fingerprint density at radius 1 is 0.926 bits per heavy atom. The summed E-state index contributed by atoms with van der Waals surface area (Å²) in [6.07, 6.45) is 6.73. The van der Waals surface area contributed by atoms with E-state index >= 15 is 0 Å². The van der Waals surface area contributed by atoms with Crippen LogP contribution in [-0.4, -0.2) is 17.0 Å². The van der Waals surface area contributed by atoms with Crippen molar-refractivity contribution in [2.45, 2.75) is 76.3 Å². The van der Waals surface area contributed by atoms with E-state index in [0.29, 0.717) is 10.8 Å². The van der Waals surface area contributed by atoms with Crippen molar-refractivity contribution >= 4 is 45.6 Å². The molecule has 0 saturated heterocycles. The predicted molar refractivity (Wildman–Crippen MR) is 118 cm³/mol. The maximum atomic E-state index is 6.54. The Bertz CT molecular complexity index is 720. The number of halogens is 3. The molecule has 3 atom stereocenters. The second-order valence-corrected chi connectivity index (χ2v) is 8.17. The third-order valence-corrected chi connectivity index (χ3v) is 6.14. The molecule has 5 heteroatoms. The first-order valence-electron chi connectivity index (χ1n) is 9.83. The molecular weight excluding hydrogens is 403 g/mol. The number of hydrogen-bond acceptors (Lipinski definition) is 2. The van der Waals surface area contributed by atoms with Gasteiger partial charge in [0.25, 0.3) is 0 Å². The number of ether oxygens (including phenoxy) is 2. The Morgan fingerprint density at radius 3 is 2.37 bits per heavy atom. The molecule has 2 aromatic rings. The molecule has 0 aliphatic rings. The van der Waals surface area contributed by atoms with Crippen molar-refractivity contribution in [2.24, 2.45) is 0 Å². The van der Waals surface area contributed by atoms with Gasteiger partial charge in [0, 0.05) is 5.39 Å². The van der Waals surface area contributed by atoms with E-state index in [0.717, 1.165) is 35.8 Å². The molecule has 2 rings (SSSR count). The lowest BCUT2D eigenvalue weighted by molar-refractivity contribution is 0.183. The van der Waals surface area contributed by atoms with Gasteiger partial charge in [-0.1, -0.05) is 62.9 Å². The summed E-state index contributed by atoms with van der Waals surface area (Å²) in [4.78, 5) is 0. The zero-order valence-electron chi connectivity index (χ0n) is 16.3. The first-order chi connectivity index (χ1) is 13.0. The van der Waals surface area contributed by atoms with Crippen LogP contribution in [0.4, 0.5) is 0 Å². The summed E-state index contributed by atoms with van der Waals surface area (Å²) in [5, 5.41) is 2.19. The van der Waals surface area contributed by atoms with Gasteiger partial charge in [0.15, 0.2) is 5.56 Å². The summed E-state index contributed by atoms with van der Waals surface area (Å²) in [6.45, 7) is 6.35. The highest BCUT2D eigenvalue weighted by atomic mass is 35.5. The van der Waals surface area contributed by atoms with Crippen molar-refractivity contribution < 1.29 is 9.47 Å². The summed E-state index contributed by atoms with van der Waals surface area (Å²) >= 11 is 18.9. The van der Waals surface area contributed by atoms with E-state index < -0.39 is 5.56 Å². The molecule has 0 aliphatic carbocycles. The van der Waals surface area contributed by atoms with Crippen LogP contribution in [0.15, 0.2) is 30.3 Å². The fourth-order valence-corrected chi connectivity index (χ4v) is 3.56. The van der Waals surface area contributed by atoms with E-state index in [1.165, 1.54) is 19.3 Å². The van der Waals surface area contributed by atoms with Crippen LogP contribution in [0.5, 0.6) is 11.5 Å². The maximum absolute atomic E-state index is 6.54. The second-order valence-electron chi connectivity index (χ2n) is 6.80. The maximum Gasteiger partial charge on any atom is 0.188 e. The average molecular weight is 432 g/mol. The third kappa shape index (κ3) is 6.34. The normalized spacial score (nSPS) is 14.7. The summed E-state index contributed by atoms with van der Waals surface area (Å²) in [6, 6.07) is 9.78. The van der Waals surface area contributed by atoms with Gasteiger partial charge in [0.2, 0.25) is 0 Å². The Balaban J connectivity index is 2.14. The molecule has 2 nitrogen and oxygen atoms in total. The van der Waals surface area contributed by atoms with Gasteiger partial charge >= 0.3 is 0 Å². The van der Waals surface area contributed by atoms with Crippen molar-refractivity contribution in [3.63, 3.8) is 0 Å². The quantitative estimate of drug-likeness (QED) is 0.264. The molecule has 0 N–H and O–H groups in total. The van der Waals surface area contributed by atoms with Crippen LogP contribution in [-0.2, 0) is 0 Å². The lowest BCUT2D eigenvalue weighted by Gasteiger charge is -2.19. The number of fused-ring (bicyclic) bond motifs is 1. The molecule has 0 heterocycles. The highest BCUT2D eigenvalue weighted by Crippen LogP contribution is 2.36. The molecule has 0 spiro atoms. The lowest BCUT2D eigenvalue weighted by atomic mass is 10.1. The smallest absolute Gasteiger partial charge is 0.188 e. The first-order valence-corrected chi connectivity index (χ1v) is 11.1. The highest BCUT2D eigenvalue weighted by molar-refractivity contribution is 6.37. The van der Waals surface area contributed by atoms with E-state index in [2.05, 4.69) is 13.8 Å². The van der Waals surface area contributed by atoms with Crippen LogP contribution in [0.25, 0.3) is 10.8 Å². The van der Waals surface area contributed by atoms with Crippen molar-refractivity contribution in [1.82, 2.24) is 0 Å². The van der Waals surface area contributed by atoms with Crippen LogP contribution >= 0.6 is 34.8 Å². The number of hydrogen-bond donors (Lipinski definition) is 0. The minimum atomic E-state index is -0.623. The lowest BCUT2D eigenvalue weighted by Crippen LogP contribution is -2.21. The van der Waals surface area contributed by atoms with Gasteiger partial charge in [0.1, 0.15) is 11.5 Å². The molecule has 2 aromatic carbocycles. The van der Waals surface area contributed by atoms with Gasteiger partial charge in [-0.05, 0) is 55.3 Å². The Hall–Kier alpha value is -0.830. The number of unbranched alkanes of at least 4 members (excludes halogenated alkanes) is 2. The fourth-order valence-electron chi connectivity index (χ4n) is 2.96. The summed E-state index contributed by atoms with van der Waals surface area (Å²) < 4.78 is 11.9. The molecule has 0 aliphatic heterocycles. The molecule has 0 radical (unpaired) electrons. The van der Waals surface area contributed by atoms with Gasteiger partial charge < -0.3 is 9.47 Å². The van der Waals surface area contributed by atoms with Crippen LogP contribution < -0.4 is 9.47 Å². The van der Waals surface area contributed by atoms with E-state index in [1.807, 2.05) is 37.3 Å². The molecule has 0 saturated carbocycles. The first kappa shape index (κ1) is 22.5. The molecule has 3 unspecified atom stereocenters. The van der Waals surface area contributed by atoms with Crippen LogP contribution in [0.2, 0.25) is 5.02 Å². The predicted octanol–water partition coefficient (Wildman–Crippen LogP) is 8.19. The number of rotatable bonds is 11. The van der Waals surface area contributed by atoms with Crippen LogP contribution in [0.1, 0.15) is 59.3 Å². The summed E-state index contributed by atoms with van der Waals surface area (Å²) in [5.74, 6) is 1.42. The monoisotopic (exact) mass is 430 g/mol. The molecule has 27 heavy (non-hydrogen) atoms. The minimum Gasteiger partial charge on any atom is -0.490 e. The highest BCUT2D eigenvalue weighted by Gasteiger charge is 2.19. The topological polar surface area (TPSA) is 18.5 Å². The SMILES string of the molecule is CCCCCC(CC)Oc1ccc2c(Cl)c(OC(Cl)C(Cl)CC)ccc2c1. The molecular formula is C22H29Cl3O2. The van der Waals surface area contributed by atoms with Crippen molar-refractivity contribution in [3.8, 4) is 11.5 Å². The second kappa shape index (κ2) is 11.2. The number of alkyl halides is 2. The van der Waals surface area contributed by atoms with Gasteiger partial charge in [-0.25, -0.2) is 0 Å². The molecule has 0 aromatic heterocycles. The number of benzene rings is 2. The van der Waals surface area contributed by atoms with Crippen molar-refractivity contribution in [2.75, 3.05) is 0 Å². The third-order valence-electron chi connectivity index (χ3n) is 4.69. The zero-order chi connectivity index (χ0) is 19.8. The standard InChI is InChI=1S/C22H29Cl3O2/c1-4-7-8-9-16(5-2)26-17-11-12-18-15(14-17)10-13-20(21(18)24)27-22(25)19(23)6-3/h10-14,16,19,22H,4-9H2,1-3H3. The Labute approximate surface area is 178 Å². The van der Waals surface area contributed by atoms with Crippen LogP contribution in [0, 0.1) is 0 Å². The molecule has 0 amide bonds. The van der Waals surface area contributed by atoms with E-state index in [-0.39, 0.29) is 11.5 Å². The van der Waals surface area contributed by atoms with E-state index in [9.17, 15) is 0 Å². The molecule has 0 fully saturated rings.